The molecule has 3 aromatic rings. The van der Waals surface area contributed by atoms with Crippen LogP contribution in [0.15, 0.2) is 41.4 Å². The third kappa shape index (κ3) is 3.65. The highest BCUT2D eigenvalue weighted by Gasteiger charge is 2.02. The Hall–Kier alpha value is -1.25. The number of hydrogen-bond acceptors (Lipinski definition) is 8. The van der Waals surface area contributed by atoms with E-state index in [1.807, 2.05) is 18.2 Å². The van der Waals surface area contributed by atoms with Crippen molar-refractivity contribution in [2.24, 2.45) is 0 Å². The van der Waals surface area contributed by atoms with Gasteiger partial charge < -0.3 is 0 Å². The monoisotopic (exact) mass is 322 g/mol. The molecule has 0 aliphatic heterocycles. The van der Waals surface area contributed by atoms with Gasteiger partial charge in [-0.3, -0.25) is 9.97 Å². The predicted molar refractivity (Wildman–Crippen MR) is 84.0 cm³/mol. The van der Waals surface area contributed by atoms with E-state index in [2.05, 4.69) is 24.9 Å². The summed E-state index contributed by atoms with van der Waals surface area (Å²) < 4.78 is 4.68. The van der Waals surface area contributed by atoms with Crippen molar-refractivity contribution < 1.29 is 4.63 Å². The summed E-state index contributed by atoms with van der Waals surface area (Å²) in [4.78, 5) is 8.27. The molecule has 0 atom stereocenters. The van der Waals surface area contributed by atoms with Crippen LogP contribution in [0.4, 0.5) is 0 Å². The van der Waals surface area contributed by atoms with Gasteiger partial charge in [-0.1, -0.05) is 27.7 Å². The molecule has 1 aromatic carbocycles. The second kappa shape index (κ2) is 6.96. The molecule has 5 nitrogen and oxygen atoms in total. The Morgan fingerprint density at radius 1 is 1.00 bits per heavy atom. The van der Waals surface area contributed by atoms with Gasteiger partial charge in [0.25, 0.3) is 0 Å². The summed E-state index contributed by atoms with van der Waals surface area (Å²) in [6, 6.07) is 5.99. The molecular weight excluding hydrogens is 312 g/mol. The lowest BCUT2D eigenvalue weighted by molar-refractivity contribution is 0.315. The van der Waals surface area contributed by atoms with Crippen LogP contribution in [-0.4, -0.2) is 20.3 Å². The molecule has 0 fully saturated rings. The van der Waals surface area contributed by atoms with Crippen LogP contribution >= 0.6 is 31.4 Å². The fourth-order valence-corrected chi connectivity index (χ4v) is 5.02. The van der Waals surface area contributed by atoms with E-state index in [0.29, 0.717) is 0 Å². The van der Waals surface area contributed by atoms with Gasteiger partial charge in [0.05, 0.1) is 5.69 Å². The summed E-state index contributed by atoms with van der Waals surface area (Å²) in [5, 5.41) is 7.63. The van der Waals surface area contributed by atoms with E-state index in [1.54, 1.807) is 50.0 Å². The van der Waals surface area contributed by atoms with Crippen LogP contribution in [0.5, 0.6) is 0 Å². The van der Waals surface area contributed by atoms with Crippen LogP contribution in [-0.2, 0) is 11.5 Å². The van der Waals surface area contributed by atoms with Crippen molar-refractivity contribution in [1.82, 2.24) is 20.3 Å². The van der Waals surface area contributed by atoms with Crippen LogP contribution in [0.2, 0.25) is 0 Å². The summed E-state index contributed by atoms with van der Waals surface area (Å²) in [7, 11) is 5.31. The van der Waals surface area contributed by atoms with E-state index in [-0.39, 0.29) is 0 Å². The fourth-order valence-electron chi connectivity index (χ4n) is 1.53. The molecule has 0 unspecified atom stereocenters. The lowest BCUT2D eigenvalue weighted by Crippen LogP contribution is -1.84. The molecule has 0 amide bonds. The third-order valence-electron chi connectivity index (χ3n) is 2.46. The summed E-state index contributed by atoms with van der Waals surface area (Å²) in [6.45, 7) is 0. The van der Waals surface area contributed by atoms with Crippen molar-refractivity contribution in [2.45, 2.75) is 11.5 Å². The number of benzene rings is 1. The average Bonchev–Trinajstić information content (AvgIpc) is 2.95. The molecule has 2 heterocycles. The minimum atomic E-state index is 0.795. The van der Waals surface area contributed by atoms with Gasteiger partial charge in [-0.05, 0) is 37.8 Å². The minimum Gasteiger partial charge on any atom is -0.261 e. The highest BCUT2D eigenvalue weighted by atomic mass is 33.5. The maximum absolute atomic E-state index is 4.68. The lowest BCUT2D eigenvalue weighted by atomic mass is 10.2. The molecule has 8 heteroatoms. The highest BCUT2D eigenvalue weighted by molar-refractivity contribution is 9.09. The first kappa shape index (κ1) is 13.7. The average molecular weight is 322 g/mol. The van der Waals surface area contributed by atoms with Crippen LogP contribution < -0.4 is 0 Å². The Bertz CT molecular complexity index is 677. The van der Waals surface area contributed by atoms with Gasteiger partial charge in [-0.25, -0.2) is 4.63 Å². The fraction of sp³-hybridized carbons (Fsp3) is 0.167. The molecule has 0 N–H and O–H groups in total. The zero-order valence-corrected chi connectivity index (χ0v) is 12.7. The summed E-state index contributed by atoms with van der Waals surface area (Å²) >= 11 is 0. The van der Waals surface area contributed by atoms with Crippen molar-refractivity contribution in [3.05, 3.63) is 48.0 Å². The first-order chi connectivity index (χ1) is 9.92. The number of nitrogens with zero attached hydrogens (tertiary/aromatic N) is 4. The van der Waals surface area contributed by atoms with Crippen molar-refractivity contribution in [3.63, 3.8) is 0 Å². The van der Waals surface area contributed by atoms with Gasteiger partial charge in [0, 0.05) is 30.1 Å². The van der Waals surface area contributed by atoms with Crippen molar-refractivity contribution >= 4 is 42.4 Å². The predicted octanol–water partition coefficient (Wildman–Crippen LogP) is 3.74. The first-order valence-electron chi connectivity index (χ1n) is 5.79. The summed E-state index contributed by atoms with van der Waals surface area (Å²) in [5.74, 6) is 1.78. The smallest absolute Gasteiger partial charge is 0.135 e. The summed E-state index contributed by atoms with van der Waals surface area (Å²) in [5.41, 5.74) is 3.82. The molecular formula is C12H10N4OS3. The highest BCUT2D eigenvalue weighted by Crippen LogP contribution is 2.38. The Balaban J connectivity index is 1.43. The largest absolute Gasteiger partial charge is 0.261 e. The molecule has 0 spiro atoms. The van der Waals surface area contributed by atoms with E-state index in [4.69, 9.17) is 0 Å². The Morgan fingerprint density at radius 3 is 2.80 bits per heavy atom. The molecule has 0 saturated heterocycles. The van der Waals surface area contributed by atoms with Gasteiger partial charge in [0.15, 0.2) is 0 Å². The van der Waals surface area contributed by atoms with Crippen LogP contribution in [0.3, 0.4) is 0 Å². The van der Waals surface area contributed by atoms with E-state index in [1.165, 1.54) is 5.56 Å². The van der Waals surface area contributed by atoms with Crippen molar-refractivity contribution in [2.75, 3.05) is 0 Å². The zero-order valence-electron chi connectivity index (χ0n) is 10.3. The lowest BCUT2D eigenvalue weighted by Gasteiger charge is -2.01. The van der Waals surface area contributed by atoms with Crippen LogP contribution in [0, 0.1) is 0 Å². The Labute approximate surface area is 127 Å². The molecule has 0 saturated carbocycles. The molecule has 2 aromatic heterocycles. The first-order valence-corrected chi connectivity index (χ1v) is 9.61. The molecule has 0 aliphatic rings. The van der Waals surface area contributed by atoms with Gasteiger partial charge in [0.2, 0.25) is 0 Å². The quantitative estimate of drug-likeness (QED) is 0.502. The van der Waals surface area contributed by atoms with Gasteiger partial charge >= 0.3 is 0 Å². The maximum Gasteiger partial charge on any atom is 0.135 e. The van der Waals surface area contributed by atoms with Crippen molar-refractivity contribution in [3.8, 4) is 0 Å². The van der Waals surface area contributed by atoms with Crippen LogP contribution in [0.1, 0.15) is 11.3 Å². The topological polar surface area (TPSA) is 64.7 Å². The normalized spacial score (nSPS) is 11.0. The maximum atomic E-state index is 4.68. The van der Waals surface area contributed by atoms with Gasteiger partial charge in [0.1, 0.15) is 11.0 Å². The molecule has 102 valence electrons. The van der Waals surface area contributed by atoms with E-state index >= 15 is 0 Å². The van der Waals surface area contributed by atoms with Crippen molar-refractivity contribution in [1.29, 1.82) is 0 Å². The molecule has 0 aliphatic carbocycles. The number of fused-ring (bicyclic) bond motifs is 1. The summed E-state index contributed by atoms with van der Waals surface area (Å²) in [6.07, 6.45) is 5.20. The number of aromatic nitrogens is 4. The minimum absolute atomic E-state index is 0.795. The second-order valence-corrected chi connectivity index (χ2v) is 8.11. The number of rotatable bonds is 6. The van der Waals surface area contributed by atoms with Gasteiger partial charge in [-0.2, -0.15) is 0 Å². The molecule has 0 radical (unpaired) electrons. The zero-order chi connectivity index (χ0) is 13.6. The van der Waals surface area contributed by atoms with Gasteiger partial charge in [-0.15, -0.1) is 0 Å². The van der Waals surface area contributed by atoms with E-state index in [9.17, 15) is 0 Å². The van der Waals surface area contributed by atoms with Crippen LogP contribution in [0.25, 0.3) is 11.0 Å². The Kier molecular flexibility index (Phi) is 4.77. The standard InChI is InChI=1S/C12H10N4OS3/c1-2-11-12(16-17-15-11)5-9(1)7-18-20-19-8-10-6-13-3-4-14-10/h1-6H,7-8H2. The molecule has 20 heavy (non-hydrogen) atoms. The van der Waals surface area contributed by atoms with E-state index < -0.39 is 0 Å². The SMILES string of the molecule is c1cnc(CSSSCc2ccc3nonc3c2)cn1. The molecule has 0 bridgehead atoms. The Morgan fingerprint density at radius 2 is 1.90 bits per heavy atom. The van der Waals surface area contributed by atoms with E-state index in [0.717, 1.165) is 28.2 Å². The second-order valence-electron chi connectivity index (χ2n) is 3.88. The third-order valence-corrected chi connectivity index (χ3v) is 6.54. The molecule has 3 rings (SSSR count). The number of hydrogen-bond donors (Lipinski definition) is 0.